The van der Waals surface area contributed by atoms with Gasteiger partial charge in [0.05, 0.1) is 12.1 Å². The second-order valence-electron chi connectivity index (χ2n) is 18.0. The minimum Gasteiger partial charge on any atom is -0.478 e. The van der Waals surface area contributed by atoms with Crippen molar-refractivity contribution in [3.63, 3.8) is 0 Å². The van der Waals surface area contributed by atoms with Gasteiger partial charge >= 0.3 is 12.1 Å². The number of nitrogens with zero attached hydrogens (tertiary/aromatic N) is 4. The number of ether oxygens (including phenoxy) is 2. The molecule has 5 heterocycles. The summed E-state index contributed by atoms with van der Waals surface area (Å²) in [6.07, 6.45) is 3.61. The number of alkyl carbamates (subject to hydrolysis) is 1. The summed E-state index contributed by atoms with van der Waals surface area (Å²) in [5, 5.41) is 13.7. The molecule has 4 fully saturated rings. The van der Waals surface area contributed by atoms with E-state index in [4.69, 9.17) is 15.6 Å². The third-order valence-corrected chi connectivity index (χ3v) is 11.9. The fourth-order valence-electron chi connectivity index (χ4n) is 8.76. The Balaban J connectivity index is 0.000000223. The maximum Gasteiger partial charge on any atom is 0.407 e. The number of hydrogen-bond donors (Lipinski definition) is 4. The Bertz CT molecular complexity index is 2360. The first-order chi connectivity index (χ1) is 32.6. The van der Waals surface area contributed by atoms with Crippen molar-refractivity contribution in [1.82, 2.24) is 30.3 Å². The third-order valence-electron chi connectivity index (χ3n) is 11.9. The van der Waals surface area contributed by atoms with Crippen LogP contribution in [0.2, 0.25) is 0 Å². The number of hydrogen-bond acceptors (Lipinski definition) is 11. The number of fused-ring (bicyclic) bond motifs is 2. The normalized spacial score (nSPS) is 20.2. The van der Waals surface area contributed by atoms with Crippen molar-refractivity contribution in [3.8, 4) is 0 Å². The summed E-state index contributed by atoms with van der Waals surface area (Å²) in [5.74, 6) is -7.77. The molecule has 0 bridgehead atoms. The molecule has 0 unspecified atom stereocenters. The summed E-state index contributed by atoms with van der Waals surface area (Å²) in [5.41, 5.74) is 5.44. The zero-order chi connectivity index (χ0) is 50.6. The average Bonchev–Trinajstić information content (AvgIpc) is 4.08. The summed E-state index contributed by atoms with van der Waals surface area (Å²) in [7, 11) is 0. The summed E-state index contributed by atoms with van der Waals surface area (Å²) < 4.78 is 90.5. The number of halogens is 6. The quantitative estimate of drug-likeness (QED) is 0.0607. The number of carbonyl (C=O) groups is 6. The van der Waals surface area contributed by atoms with Gasteiger partial charge in [-0.2, -0.15) is 0 Å². The van der Waals surface area contributed by atoms with E-state index in [1.54, 1.807) is 59.9 Å². The van der Waals surface area contributed by atoms with E-state index < -0.39 is 64.7 Å². The molecule has 22 heteroatoms. The highest BCUT2D eigenvalue weighted by molar-refractivity contribution is 5.92. The first-order valence-corrected chi connectivity index (χ1v) is 22.1. The van der Waals surface area contributed by atoms with Gasteiger partial charge in [-0.15, -0.1) is 0 Å². The molecule has 4 aliphatic rings. The van der Waals surface area contributed by atoms with Crippen LogP contribution in [0.5, 0.6) is 0 Å². The van der Waals surface area contributed by atoms with Crippen LogP contribution in [0, 0.1) is 46.7 Å². The van der Waals surface area contributed by atoms with Crippen LogP contribution in [0.3, 0.4) is 0 Å². The molecule has 3 aromatic rings. The van der Waals surface area contributed by atoms with Crippen LogP contribution in [0.15, 0.2) is 61.0 Å². The summed E-state index contributed by atoms with van der Waals surface area (Å²) >= 11 is 0. The van der Waals surface area contributed by atoms with Crippen LogP contribution >= 0.6 is 0 Å². The topological polar surface area (TPSA) is 214 Å². The number of pyridine rings is 1. The molecule has 374 valence electrons. The second-order valence-corrected chi connectivity index (χ2v) is 18.0. The van der Waals surface area contributed by atoms with Crippen molar-refractivity contribution in [1.29, 1.82) is 0 Å². The Morgan fingerprint density at radius 3 is 2.01 bits per heavy atom. The lowest BCUT2D eigenvalue weighted by Crippen LogP contribution is -2.46. The molecule has 1 aromatic heterocycles. The maximum atomic E-state index is 14.2. The molecule has 0 aliphatic carbocycles. The van der Waals surface area contributed by atoms with Gasteiger partial charge < -0.3 is 45.6 Å². The molecule has 0 spiro atoms. The number of aliphatic carboxylic acids is 1. The number of aromatic nitrogens is 1. The fourth-order valence-corrected chi connectivity index (χ4v) is 8.76. The van der Waals surface area contributed by atoms with Crippen LogP contribution in [0.25, 0.3) is 0 Å². The number of nitrogens with one attached hydrogen (secondary N) is 2. The number of likely N-dealkylation sites (tertiary alicyclic amines) is 3. The molecule has 5 N–H and O–H groups in total. The van der Waals surface area contributed by atoms with Crippen LogP contribution in [-0.2, 0) is 41.5 Å². The number of carboxylic acid groups (broad SMARTS) is 1. The van der Waals surface area contributed by atoms with E-state index in [-0.39, 0.29) is 79.0 Å². The van der Waals surface area contributed by atoms with Gasteiger partial charge in [-0.3, -0.25) is 24.2 Å². The Morgan fingerprint density at radius 2 is 1.42 bits per heavy atom. The van der Waals surface area contributed by atoms with Gasteiger partial charge in [0.1, 0.15) is 29.2 Å². The smallest absolute Gasteiger partial charge is 0.407 e. The highest BCUT2D eigenvalue weighted by Gasteiger charge is 2.45. The molecular weight excluding hydrogens is 921 g/mol. The van der Waals surface area contributed by atoms with Gasteiger partial charge in [-0.25, -0.2) is 35.9 Å². The molecular formula is C47H55F6N7O9. The number of carbonyl (C=O) groups excluding carboxylic acids is 5. The van der Waals surface area contributed by atoms with Crippen molar-refractivity contribution < 1.29 is 69.7 Å². The van der Waals surface area contributed by atoms with E-state index in [1.165, 1.54) is 0 Å². The van der Waals surface area contributed by atoms with Gasteiger partial charge in [-0.05, 0) is 87.8 Å². The Labute approximate surface area is 394 Å². The third kappa shape index (κ3) is 15.2. The first kappa shape index (κ1) is 53.4. The van der Waals surface area contributed by atoms with E-state index in [0.717, 1.165) is 44.3 Å². The van der Waals surface area contributed by atoms with Crippen molar-refractivity contribution in [2.75, 3.05) is 39.3 Å². The van der Waals surface area contributed by atoms with Gasteiger partial charge in [-0.1, -0.05) is 6.07 Å². The summed E-state index contributed by atoms with van der Waals surface area (Å²) in [6.45, 7) is 9.01. The van der Waals surface area contributed by atoms with E-state index in [9.17, 15) is 55.1 Å². The number of benzene rings is 2. The van der Waals surface area contributed by atoms with Crippen molar-refractivity contribution in [2.24, 2.45) is 17.6 Å². The predicted molar refractivity (Wildman–Crippen MR) is 235 cm³/mol. The molecule has 6 atom stereocenters. The monoisotopic (exact) mass is 975 g/mol. The van der Waals surface area contributed by atoms with Crippen LogP contribution < -0.4 is 16.4 Å². The standard InChI is InChI=1S/C22H23F3N4O2.C21H28F3N3O3.C4H4O4/c23-16-10-18(25)17(24)8-14(16)7-15(26)9-21(30)29-6-4-13-11-28(12-20(13)29)22(31)19-3-1-2-5-27-19;1-21(2,3)30-20(29)26-14(6-13-7-16(23)17(24)9-15(13)22)8-19(28)27-5-4-12-10-25-11-18(12)27;5-3-8-2-1-4(6)7/h1-3,5,8,10,13,15,20H,4,6-7,9,11-12,26H2;7,9,12,14,18,25H,4-6,8,10-11H2,1-3H3,(H,26,29);1-3H,(H,6,7)/b;;2-1+/t13-,15+,20+;12-,14+,18+;/m00./s1. The molecule has 7 rings (SSSR count). The first-order valence-electron chi connectivity index (χ1n) is 22.1. The Morgan fingerprint density at radius 1 is 0.826 bits per heavy atom. The second kappa shape index (κ2) is 24.1. The molecule has 2 aromatic carbocycles. The van der Waals surface area contributed by atoms with Crippen LogP contribution in [0.1, 0.15) is 68.1 Å². The number of amides is 4. The van der Waals surface area contributed by atoms with E-state index in [1.807, 2.05) is 0 Å². The fraction of sp³-hybridized carbons (Fsp3) is 0.468. The molecule has 4 aliphatic heterocycles. The van der Waals surface area contributed by atoms with Crippen LogP contribution in [0.4, 0.5) is 31.1 Å². The molecule has 4 saturated heterocycles. The van der Waals surface area contributed by atoms with Gasteiger partial charge in [0.15, 0.2) is 23.3 Å². The van der Waals surface area contributed by atoms with Crippen molar-refractivity contribution >= 4 is 36.3 Å². The van der Waals surface area contributed by atoms with Gasteiger partial charge in [0.2, 0.25) is 11.8 Å². The van der Waals surface area contributed by atoms with E-state index in [2.05, 4.69) is 20.4 Å². The van der Waals surface area contributed by atoms with Gasteiger partial charge in [0, 0.05) is 94.5 Å². The van der Waals surface area contributed by atoms with E-state index in [0.29, 0.717) is 56.0 Å². The summed E-state index contributed by atoms with van der Waals surface area (Å²) in [4.78, 5) is 79.0. The maximum absolute atomic E-state index is 14.2. The molecule has 0 radical (unpaired) electrons. The minimum atomic E-state index is -1.29. The molecule has 69 heavy (non-hydrogen) atoms. The highest BCUT2D eigenvalue weighted by atomic mass is 19.2. The molecule has 0 saturated carbocycles. The van der Waals surface area contributed by atoms with Gasteiger partial charge in [0.25, 0.3) is 12.4 Å². The van der Waals surface area contributed by atoms with Crippen molar-refractivity contribution in [3.05, 3.63) is 113 Å². The number of carboxylic acids is 1. The number of nitrogens with two attached hydrogens (primary N) is 1. The zero-order valence-corrected chi connectivity index (χ0v) is 38.1. The molecule has 4 amide bonds. The van der Waals surface area contributed by atoms with Crippen LogP contribution in [-0.4, -0.2) is 130 Å². The Kier molecular flexibility index (Phi) is 18.7. The lowest BCUT2D eigenvalue weighted by Gasteiger charge is -2.27. The minimum absolute atomic E-state index is 0.0458. The molecule has 16 nitrogen and oxygen atoms in total. The predicted octanol–water partition coefficient (Wildman–Crippen LogP) is 4.64. The average molecular weight is 976 g/mol. The summed E-state index contributed by atoms with van der Waals surface area (Å²) in [6, 6.07) is 6.09. The van der Waals surface area contributed by atoms with E-state index >= 15 is 0 Å². The van der Waals surface area contributed by atoms with Crippen molar-refractivity contribution in [2.45, 2.75) is 89.1 Å². The highest BCUT2D eigenvalue weighted by Crippen LogP contribution is 2.33. The number of rotatable bonds is 13. The zero-order valence-electron chi connectivity index (χ0n) is 38.1. The SMILES string of the molecule is CC(C)(C)OC(=O)N[C@@H](CC(=O)N1CC[C@H]2CNC[C@H]21)Cc1cc(F)c(F)cc1F.N[C@@H](CC(=O)N1CC[C@H]2CN(C(=O)c3ccccn3)C[C@H]21)Cc1cc(F)c(F)cc1F.O=CO/C=C/C(=O)O. The largest absolute Gasteiger partial charge is 0.478 e. The Hall–Kier alpha value is -6.55. The lowest BCUT2D eigenvalue weighted by atomic mass is 10.0. The lowest BCUT2D eigenvalue weighted by molar-refractivity contribution is -0.133.